The molecule has 1 rings (SSSR count). The molecule has 1 N–H and O–H groups in total. The Kier molecular flexibility index (Phi) is 5.61. The van der Waals surface area contributed by atoms with Crippen molar-refractivity contribution < 1.29 is 22.8 Å². The van der Waals surface area contributed by atoms with Crippen LogP contribution in [0.2, 0.25) is 0 Å². The number of alkyl halides is 3. The van der Waals surface area contributed by atoms with E-state index in [0.717, 1.165) is 4.90 Å². The molecule has 0 aromatic heterocycles. The fourth-order valence-corrected chi connectivity index (χ4v) is 2.37. The summed E-state index contributed by atoms with van der Waals surface area (Å²) in [6, 6.07) is 0. The van der Waals surface area contributed by atoms with Gasteiger partial charge < -0.3 is 15.1 Å². The molecule has 0 aromatic carbocycles. The van der Waals surface area contributed by atoms with Crippen LogP contribution < -0.4 is 5.32 Å². The first kappa shape index (κ1) is 17.7. The van der Waals surface area contributed by atoms with Gasteiger partial charge in [-0.3, -0.25) is 9.59 Å². The molecule has 1 heterocycles. The van der Waals surface area contributed by atoms with E-state index in [0.29, 0.717) is 6.42 Å². The second kappa shape index (κ2) is 6.64. The van der Waals surface area contributed by atoms with E-state index in [1.165, 1.54) is 19.0 Å². The lowest BCUT2D eigenvalue weighted by Crippen LogP contribution is -2.55. The van der Waals surface area contributed by atoms with Crippen LogP contribution in [0.4, 0.5) is 13.2 Å². The molecule has 8 heteroatoms. The maximum atomic E-state index is 13.4. The van der Waals surface area contributed by atoms with E-state index in [9.17, 15) is 22.8 Å². The molecule has 1 aliphatic heterocycles. The predicted octanol–water partition coefficient (Wildman–Crippen LogP) is 0.855. The third kappa shape index (κ3) is 3.66. The summed E-state index contributed by atoms with van der Waals surface area (Å²) in [5.41, 5.74) is -2.41. The number of rotatable bonds is 5. The van der Waals surface area contributed by atoms with Gasteiger partial charge in [-0.2, -0.15) is 13.2 Å². The van der Waals surface area contributed by atoms with E-state index in [2.05, 4.69) is 5.32 Å². The van der Waals surface area contributed by atoms with Crippen LogP contribution in [0, 0.1) is 5.41 Å². The Labute approximate surface area is 122 Å². The Hall–Kier alpha value is -1.31. The van der Waals surface area contributed by atoms with E-state index in [-0.39, 0.29) is 32.0 Å². The van der Waals surface area contributed by atoms with Gasteiger partial charge in [0.1, 0.15) is 0 Å². The molecule has 122 valence electrons. The monoisotopic (exact) mass is 309 g/mol. The van der Waals surface area contributed by atoms with Gasteiger partial charge in [-0.1, -0.05) is 6.92 Å². The molecule has 1 saturated heterocycles. The number of nitrogens with zero attached hydrogens (tertiary/aromatic N) is 2. The van der Waals surface area contributed by atoms with Crippen molar-refractivity contribution in [3.8, 4) is 0 Å². The molecule has 1 fully saturated rings. The van der Waals surface area contributed by atoms with Crippen molar-refractivity contribution in [1.29, 1.82) is 0 Å². The van der Waals surface area contributed by atoms with E-state index in [1.807, 2.05) is 0 Å². The molecular formula is C13H22F3N3O2. The molecule has 0 radical (unpaired) electrons. The highest BCUT2D eigenvalue weighted by molar-refractivity contribution is 5.89. The minimum Gasteiger partial charge on any atom is -0.347 e. The lowest BCUT2D eigenvalue weighted by atomic mass is 9.84. The van der Waals surface area contributed by atoms with E-state index in [4.69, 9.17) is 0 Å². The maximum absolute atomic E-state index is 13.4. The number of hydrogen-bond acceptors (Lipinski definition) is 3. The van der Waals surface area contributed by atoms with E-state index >= 15 is 0 Å². The Morgan fingerprint density at radius 1 is 1.29 bits per heavy atom. The van der Waals surface area contributed by atoms with Crippen LogP contribution in [0.3, 0.4) is 0 Å². The van der Waals surface area contributed by atoms with Gasteiger partial charge in [0, 0.05) is 27.2 Å². The fourth-order valence-electron chi connectivity index (χ4n) is 2.37. The number of amides is 2. The summed E-state index contributed by atoms with van der Waals surface area (Å²) in [5, 5.41) is 2.61. The van der Waals surface area contributed by atoms with Crippen molar-refractivity contribution in [2.24, 2.45) is 5.41 Å². The molecular weight excluding hydrogens is 287 g/mol. The highest BCUT2D eigenvalue weighted by Gasteiger charge is 2.62. The van der Waals surface area contributed by atoms with Gasteiger partial charge in [-0.05, 0) is 19.4 Å². The van der Waals surface area contributed by atoms with E-state index in [1.54, 1.807) is 6.92 Å². The van der Waals surface area contributed by atoms with Crippen molar-refractivity contribution in [3.05, 3.63) is 0 Å². The zero-order chi connectivity index (χ0) is 16.3. The normalized spacial score (nSPS) is 22.2. The topological polar surface area (TPSA) is 52.7 Å². The second-order valence-corrected chi connectivity index (χ2v) is 5.52. The highest BCUT2D eigenvalue weighted by atomic mass is 19.4. The largest absolute Gasteiger partial charge is 0.404 e. The number of carbonyl (C=O) groups is 2. The average Bonchev–Trinajstić information content (AvgIpc) is 2.87. The summed E-state index contributed by atoms with van der Waals surface area (Å²) in [7, 11) is 3.02. The Bertz CT molecular complexity index is 391. The summed E-state index contributed by atoms with van der Waals surface area (Å²) >= 11 is 0. The number of nitrogens with one attached hydrogen (secondary N) is 1. The molecule has 1 atom stereocenters. The summed E-state index contributed by atoms with van der Waals surface area (Å²) < 4.78 is 40.1. The predicted molar refractivity (Wildman–Crippen MR) is 71.5 cm³/mol. The Balaban J connectivity index is 3.00. The second-order valence-electron chi connectivity index (χ2n) is 5.52. The van der Waals surface area contributed by atoms with Gasteiger partial charge in [-0.15, -0.1) is 0 Å². The molecule has 1 unspecified atom stereocenters. The zero-order valence-corrected chi connectivity index (χ0v) is 12.6. The molecule has 1 aliphatic rings. The van der Waals surface area contributed by atoms with Gasteiger partial charge in [-0.25, -0.2) is 0 Å². The minimum atomic E-state index is -4.62. The van der Waals surface area contributed by atoms with Gasteiger partial charge >= 0.3 is 6.18 Å². The van der Waals surface area contributed by atoms with Crippen LogP contribution in [0.5, 0.6) is 0 Å². The number of hydrogen-bond donors (Lipinski definition) is 1. The summed E-state index contributed by atoms with van der Waals surface area (Å²) in [6.07, 6.45) is -4.42. The SMILES string of the molecule is CCCN(CC(=O)N(C)C)C(=O)C1(C(F)(F)F)CCNC1. The number of halogens is 3. The van der Waals surface area contributed by atoms with E-state index < -0.39 is 24.0 Å². The standard InChI is InChI=1S/C13H22F3N3O2/c1-4-7-19(8-10(20)18(2)3)11(21)12(13(14,15)16)5-6-17-9-12/h17H,4-9H2,1-3H3. The van der Waals surface area contributed by atoms with Crippen molar-refractivity contribution in [2.75, 3.05) is 40.3 Å². The van der Waals surface area contributed by atoms with Crippen molar-refractivity contribution in [3.63, 3.8) is 0 Å². The summed E-state index contributed by atoms with van der Waals surface area (Å²) in [5.74, 6) is -1.39. The molecule has 0 saturated carbocycles. The zero-order valence-electron chi connectivity index (χ0n) is 12.6. The van der Waals surface area contributed by atoms with Crippen LogP contribution in [-0.4, -0.2) is 68.1 Å². The fraction of sp³-hybridized carbons (Fsp3) is 0.846. The first-order valence-corrected chi connectivity index (χ1v) is 6.92. The minimum absolute atomic E-state index is 0.135. The van der Waals surface area contributed by atoms with Gasteiger partial charge in [0.05, 0.1) is 6.54 Å². The molecule has 21 heavy (non-hydrogen) atoms. The average molecular weight is 309 g/mol. The van der Waals surface area contributed by atoms with Crippen LogP contribution >= 0.6 is 0 Å². The smallest absolute Gasteiger partial charge is 0.347 e. The highest BCUT2D eigenvalue weighted by Crippen LogP contribution is 2.44. The lowest BCUT2D eigenvalue weighted by molar-refractivity contribution is -0.222. The first-order chi connectivity index (χ1) is 9.65. The molecule has 0 bridgehead atoms. The van der Waals surface area contributed by atoms with Gasteiger partial charge in [0.2, 0.25) is 11.8 Å². The van der Waals surface area contributed by atoms with Crippen molar-refractivity contribution >= 4 is 11.8 Å². The Morgan fingerprint density at radius 3 is 2.29 bits per heavy atom. The summed E-state index contributed by atoms with van der Waals surface area (Å²) in [4.78, 5) is 26.5. The third-order valence-electron chi connectivity index (χ3n) is 3.71. The summed E-state index contributed by atoms with van der Waals surface area (Å²) in [6.45, 7) is 1.29. The quantitative estimate of drug-likeness (QED) is 0.819. The van der Waals surface area contributed by atoms with Crippen LogP contribution in [0.15, 0.2) is 0 Å². The molecule has 0 spiro atoms. The first-order valence-electron chi connectivity index (χ1n) is 6.92. The maximum Gasteiger partial charge on any atom is 0.404 e. The lowest BCUT2D eigenvalue weighted by Gasteiger charge is -2.35. The molecule has 2 amide bonds. The number of carbonyl (C=O) groups excluding carboxylic acids is 2. The van der Waals surface area contributed by atoms with Gasteiger partial charge in [0.15, 0.2) is 5.41 Å². The van der Waals surface area contributed by atoms with Gasteiger partial charge in [0.25, 0.3) is 0 Å². The molecule has 5 nitrogen and oxygen atoms in total. The van der Waals surface area contributed by atoms with Crippen molar-refractivity contribution in [2.45, 2.75) is 25.9 Å². The van der Waals surface area contributed by atoms with Crippen LogP contribution in [0.25, 0.3) is 0 Å². The molecule has 0 aromatic rings. The third-order valence-corrected chi connectivity index (χ3v) is 3.71. The van der Waals surface area contributed by atoms with Crippen LogP contribution in [0.1, 0.15) is 19.8 Å². The van der Waals surface area contributed by atoms with Crippen LogP contribution in [-0.2, 0) is 9.59 Å². The van der Waals surface area contributed by atoms with Crippen molar-refractivity contribution in [1.82, 2.24) is 15.1 Å². The Morgan fingerprint density at radius 2 is 1.90 bits per heavy atom. The molecule has 0 aliphatic carbocycles. The number of likely N-dealkylation sites (N-methyl/N-ethyl adjacent to an activating group) is 1.